The van der Waals surface area contributed by atoms with E-state index in [1.807, 2.05) is 11.4 Å². The Bertz CT molecular complexity index is 272. The fraction of sp³-hybridized carbons (Fsp3) is 0.143. The molecule has 0 aliphatic rings. The van der Waals surface area contributed by atoms with Crippen molar-refractivity contribution in [1.82, 2.24) is 0 Å². The number of hydrogen-bond acceptors (Lipinski definition) is 3. The zero-order chi connectivity index (χ0) is 8.43. The van der Waals surface area contributed by atoms with Crippen molar-refractivity contribution in [3.8, 4) is 0 Å². The SMILES string of the molecule is CC(=O)c1sccc1C(=S)S. The molecule has 1 nitrogen and oxygen atoms in total. The number of thiocarbonyl (C=S) groups is 1. The van der Waals surface area contributed by atoms with E-state index < -0.39 is 0 Å². The van der Waals surface area contributed by atoms with Crippen molar-refractivity contribution in [2.24, 2.45) is 0 Å². The van der Waals surface area contributed by atoms with Gasteiger partial charge in [0.15, 0.2) is 5.78 Å². The molecule has 1 rings (SSSR count). The highest BCUT2D eigenvalue weighted by Crippen LogP contribution is 2.19. The first-order valence-corrected chi connectivity index (χ1v) is 4.68. The van der Waals surface area contributed by atoms with E-state index in [2.05, 4.69) is 12.6 Å². The van der Waals surface area contributed by atoms with Crippen LogP contribution in [-0.2, 0) is 0 Å². The van der Waals surface area contributed by atoms with E-state index in [1.165, 1.54) is 18.3 Å². The summed E-state index contributed by atoms with van der Waals surface area (Å²) >= 11 is 10.2. The van der Waals surface area contributed by atoms with Crippen LogP contribution >= 0.6 is 36.2 Å². The Balaban J connectivity index is 3.16. The minimum absolute atomic E-state index is 0.0476. The van der Waals surface area contributed by atoms with Gasteiger partial charge in [-0.1, -0.05) is 12.2 Å². The maximum absolute atomic E-state index is 10.9. The van der Waals surface area contributed by atoms with Gasteiger partial charge in [-0.3, -0.25) is 4.79 Å². The van der Waals surface area contributed by atoms with Gasteiger partial charge in [0, 0.05) is 5.56 Å². The smallest absolute Gasteiger partial charge is 0.170 e. The van der Waals surface area contributed by atoms with Crippen molar-refractivity contribution >= 4 is 46.2 Å². The van der Waals surface area contributed by atoms with Gasteiger partial charge in [-0.2, -0.15) is 0 Å². The Hall–Kier alpha value is -0.190. The van der Waals surface area contributed by atoms with E-state index in [9.17, 15) is 4.79 Å². The standard InChI is InChI=1S/C7H6OS3/c1-4(8)6-5(7(9)10)2-3-11-6/h2-3H,1H3,(H,9,10). The van der Waals surface area contributed by atoms with Gasteiger partial charge in [0.25, 0.3) is 0 Å². The van der Waals surface area contributed by atoms with Gasteiger partial charge >= 0.3 is 0 Å². The van der Waals surface area contributed by atoms with E-state index in [4.69, 9.17) is 12.2 Å². The molecule has 0 aromatic carbocycles. The molecule has 0 saturated carbocycles. The van der Waals surface area contributed by atoms with Crippen LogP contribution in [0.4, 0.5) is 0 Å². The molecule has 1 aromatic rings. The third-order valence-electron chi connectivity index (χ3n) is 1.22. The Morgan fingerprint density at radius 2 is 2.36 bits per heavy atom. The number of carbonyl (C=O) groups is 1. The van der Waals surface area contributed by atoms with Gasteiger partial charge in [-0.15, -0.1) is 24.0 Å². The van der Waals surface area contributed by atoms with Crippen LogP contribution < -0.4 is 0 Å². The van der Waals surface area contributed by atoms with Crippen molar-refractivity contribution in [2.45, 2.75) is 6.92 Å². The predicted molar refractivity (Wildman–Crippen MR) is 55.0 cm³/mol. The van der Waals surface area contributed by atoms with Crippen LogP contribution in [-0.4, -0.2) is 9.98 Å². The van der Waals surface area contributed by atoms with Crippen LogP contribution in [0.15, 0.2) is 11.4 Å². The summed E-state index contributed by atoms with van der Waals surface area (Å²) in [5.41, 5.74) is 0.779. The molecule has 0 fully saturated rings. The molecular weight excluding hydrogens is 196 g/mol. The third kappa shape index (κ3) is 1.89. The number of hydrogen-bond donors (Lipinski definition) is 1. The first-order valence-electron chi connectivity index (χ1n) is 2.94. The summed E-state index contributed by atoms with van der Waals surface area (Å²) in [6, 6.07) is 1.82. The molecule has 0 atom stereocenters. The molecule has 11 heavy (non-hydrogen) atoms. The van der Waals surface area contributed by atoms with Gasteiger partial charge < -0.3 is 0 Å². The predicted octanol–water partition coefficient (Wildman–Crippen LogP) is 2.56. The van der Waals surface area contributed by atoms with Crippen LogP contribution in [0.5, 0.6) is 0 Å². The normalized spacial score (nSPS) is 9.64. The summed E-state index contributed by atoms with van der Waals surface area (Å²) in [6.45, 7) is 1.53. The number of thiophene rings is 1. The lowest BCUT2D eigenvalue weighted by Crippen LogP contribution is -1.95. The van der Waals surface area contributed by atoms with Crippen LogP contribution in [0.2, 0.25) is 0 Å². The number of thiol groups is 1. The molecule has 1 aromatic heterocycles. The molecule has 0 saturated heterocycles. The second-order valence-electron chi connectivity index (χ2n) is 2.02. The molecule has 0 N–H and O–H groups in total. The second-order valence-corrected chi connectivity index (χ2v) is 4.10. The number of Topliss-reactive ketones (excluding diaryl/α,β-unsaturated/α-hetero) is 1. The fourth-order valence-electron chi connectivity index (χ4n) is 0.750. The molecule has 4 heteroatoms. The van der Waals surface area contributed by atoms with Gasteiger partial charge in [0.1, 0.15) is 0 Å². The summed E-state index contributed by atoms with van der Waals surface area (Å²) in [4.78, 5) is 11.6. The minimum atomic E-state index is 0.0476. The Morgan fingerprint density at radius 3 is 2.73 bits per heavy atom. The lowest BCUT2D eigenvalue weighted by molar-refractivity contribution is 0.102. The molecule has 0 bridgehead atoms. The van der Waals surface area contributed by atoms with Gasteiger partial charge in [-0.25, -0.2) is 0 Å². The maximum atomic E-state index is 10.9. The van der Waals surface area contributed by atoms with Crippen LogP contribution in [0.25, 0.3) is 0 Å². The van der Waals surface area contributed by atoms with Crippen molar-refractivity contribution in [3.63, 3.8) is 0 Å². The third-order valence-corrected chi connectivity index (χ3v) is 2.69. The average Bonchev–Trinajstić information content (AvgIpc) is 2.32. The zero-order valence-corrected chi connectivity index (χ0v) is 8.35. The van der Waals surface area contributed by atoms with E-state index in [0.29, 0.717) is 9.07 Å². The van der Waals surface area contributed by atoms with E-state index in [0.717, 1.165) is 5.56 Å². The van der Waals surface area contributed by atoms with E-state index >= 15 is 0 Å². The fourth-order valence-corrected chi connectivity index (χ4v) is 2.05. The van der Waals surface area contributed by atoms with Crippen molar-refractivity contribution < 1.29 is 4.79 Å². The first kappa shape index (κ1) is 8.90. The molecule has 0 radical (unpaired) electrons. The molecule has 0 spiro atoms. The minimum Gasteiger partial charge on any atom is -0.294 e. The molecular formula is C7H6OS3. The first-order chi connectivity index (χ1) is 5.13. The highest BCUT2D eigenvalue weighted by Gasteiger charge is 2.09. The average molecular weight is 202 g/mol. The number of rotatable bonds is 2. The summed E-state index contributed by atoms with van der Waals surface area (Å²) in [7, 11) is 0. The summed E-state index contributed by atoms with van der Waals surface area (Å²) < 4.78 is 0.483. The molecule has 1 heterocycles. The molecule has 0 unspecified atom stereocenters. The van der Waals surface area contributed by atoms with Gasteiger partial charge in [0.05, 0.1) is 9.07 Å². The zero-order valence-electron chi connectivity index (χ0n) is 5.83. The highest BCUT2D eigenvalue weighted by molar-refractivity contribution is 8.11. The lowest BCUT2D eigenvalue weighted by Gasteiger charge is -1.94. The van der Waals surface area contributed by atoms with Crippen LogP contribution in [0, 0.1) is 0 Å². The highest BCUT2D eigenvalue weighted by atomic mass is 32.1. The van der Waals surface area contributed by atoms with Crippen LogP contribution in [0.1, 0.15) is 22.2 Å². The lowest BCUT2D eigenvalue weighted by atomic mass is 10.2. The Labute approximate surface area is 79.8 Å². The van der Waals surface area contributed by atoms with E-state index in [-0.39, 0.29) is 5.78 Å². The van der Waals surface area contributed by atoms with Gasteiger partial charge in [-0.05, 0) is 18.4 Å². The summed E-state index contributed by atoms with van der Waals surface area (Å²) in [6.07, 6.45) is 0. The van der Waals surface area contributed by atoms with Crippen LogP contribution in [0.3, 0.4) is 0 Å². The van der Waals surface area contributed by atoms with Crippen molar-refractivity contribution in [2.75, 3.05) is 0 Å². The van der Waals surface area contributed by atoms with E-state index in [1.54, 1.807) is 0 Å². The molecule has 58 valence electrons. The topological polar surface area (TPSA) is 17.1 Å². The largest absolute Gasteiger partial charge is 0.294 e. The monoisotopic (exact) mass is 202 g/mol. The molecule has 0 aliphatic heterocycles. The quantitative estimate of drug-likeness (QED) is 0.451. The summed E-state index contributed by atoms with van der Waals surface area (Å²) in [5.74, 6) is 0.0476. The van der Waals surface area contributed by atoms with Crippen molar-refractivity contribution in [1.29, 1.82) is 0 Å². The van der Waals surface area contributed by atoms with Crippen molar-refractivity contribution in [3.05, 3.63) is 21.9 Å². The molecule has 0 amide bonds. The molecule has 0 aliphatic carbocycles. The van der Waals surface area contributed by atoms with Gasteiger partial charge in [0.2, 0.25) is 0 Å². The summed E-state index contributed by atoms with van der Waals surface area (Å²) in [5, 5.41) is 1.84. The Kier molecular flexibility index (Phi) is 2.81. The maximum Gasteiger partial charge on any atom is 0.170 e. The second kappa shape index (κ2) is 3.47. The number of carbonyl (C=O) groups excluding carboxylic acids is 1. The number of ketones is 1. The Morgan fingerprint density at radius 1 is 1.73 bits per heavy atom.